The third-order valence-electron chi connectivity index (χ3n) is 6.43. The van der Waals surface area contributed by atoms with Crippen molar-refractivity contribution in [3.05, 3.63) is 71.8 Å². The van der Waals surface area contributed by atoms with Crippen molar-refractivity contribution in [2.24, 2.45) is 0 Å². The Bertz CT molecular complexity index is 1620. The van der Waals surface area contributed by atoms with E-state index in [2.05, 4.69) is 20.5 Å². The molecule has 2 aromatic carbocycles. The molecule has 0 fully saturated rings. The van der Waals surface area contributed by atoms with Crippen molar-refractivity contribution in [1.29, 1.82) is 5.41 Å². The number of methoxy groups -OCH3 is 2. The van der Waals surface area contributed by atoms with Crippen molar-refractivity contribution in [2.75, 3.05) is 31.1 Å². The third kappa shape index (κ3) is 4.29. The number of hydrogen-bond donors (Lipinski definition) is 3. The molecule has 39 heavy (non-hydrogen) atoms. The number of carbonyl (C=O) groups excluding carboxylic acids is 1. The van der Waals surface area contributed by atoms with Crippen LogP contribution in [-0.2, 0) is 6.54 Å². The average molecular weight is 534 g/mol. The molecule has 1 aliphatic heterocycles. The molecule has 1 aliphatic rings. The molecule has 12 heteroatoms. The number of halogens is 2. The van der Waals surface area contributed by atoms with Crippen LogP contribution in [0.25, 0.3) is 16.5 Å². The summed E-state index contributed by atoms with van der Waals surface area (Å²) in [5.41, 5.74) is 2.71. The number of allylic oxidation sites excluding steroid dienone is 1. The van der Waals surface area contributed by atoms with E-state index in [4.69, 9.17) is 14.9 Å². The van der Waals surface area contributed by atoms with Crippen LogP contribution in [0.4, 0.5) is 30.6 Å². The molecule has 0 saturated heterocycles. The fourth-order valence-corrected chi connectivity index (χ4v) is 4.53. The van der Waals surface area contributed by atoms with E-state index in [0.29, 0.717) is 33.7 Å². The molecule has 10 nitrogen and oxygen atoms in total. The lowest BCUT2D eigenvalue weighted by molar-refractivity contribution is 0.251. The molecule has 3 N–H and O–H groups in total. The minimum absolute atomic E-state index is 0.178. The maximum absolute atomic E-state index is 15.5. The predicted molar refractivity (Wildman–Crippen MR) is 144 cm³/mol. The van der Waals surface area contributed by atoms with Crippen LogP contribution in [0.3, 0.4) is 0 Å². The first-order chi connectivity index (χ1) is 18.8. The van der Waals surface area contributed by atoms with E-state index in [-0.39, 0.29) is 23.8 Å². The number of rotatable bonds is 7. The molecule has 2 amide bonds. The number of aromatic amines is 1. The predicted octanol–water partition coefficient (Wildman–Crippen LogP) is 5.13. The lowest BCUT2D eigenvalue weighted by Gasteiger charge is -2.37. The number of nitrogens with one attached hydrogen (secondary N) is 3. The van der Waals surface area contributed by atoms with E-state index in [0.717, 1.165) is 16.4 Å². The van der Waals surface area contributed by atoms with Gasteiger partial charge in [0, 0.05) is 47.7 Å². The number of anilines is 3. The van der Waals surface area contributed by atoms with Crippen LogP contribution in [0.15, 0.2) is 48.9 Å². The summed E-state index contributed by atoms with van der Waals surface area (Å²) < 4.78 is 41.2. The number of benzene rings is 2. The average Bonchev–Trinajstić information content (AvgIpc) is 3.40. The molecule has 200 valence electrons. The van der Waals surface area contributed by atoms with Gasteiger partial charge in [-0.3, -0.25) is 19.9 Å². The van der Waals surface area contributed by atoms with Gasteiger partial charge >= 0.3 is 6.03 Å². The summed E-state index contributed by atoms with van der Waals surface area (Å²) in [5.74, 6) is -2.63. The Labute approximate surface area is 222 Å². The molecule has 0 aliphatic carbocycles. The molecule has 0 unspecified atom stereocenters. The third-order valence-corrected chi connectivity index (χ3v) is 6.43. The number of urea groups is 1. The van der Waals surface area contributed by atoms with Crippen molar-refractivity contribution in [3.8, 4) is 11.5 Å². The second-order valence-electron chi connectivity index (χ2n) is 8.77. The Morgan fingerprint density at radius 3 is 2.49 bits per heavy atom. The van der Waals surface area contributed by atoms with Crippen LogP contribution in [0.5, 0.6) is 11.5 Å². The molecular weight excluding hydrogens is 508 g/mol. The summed E-state index contributed by atoms with van der Waals surface area (Å²) in [7, 11) is 4.19. The van der Waals surface area contributed by atoms with Gasteiger partial charge in [-0.25, -0.2) is 13.6 Å². The Morgan fingerprint density at radius 1 is 1.13 bits per heavy atom. The fourth-order valence-electron chi connectivity index (χ4n) is 4.53. The summed E-state index contributed by atoms with van der Waals surface area (Å²) in [6, 6.07) is 7.28. The second kappa shape index (κ2) is 10.0. The van der Waals surface area contributed by atoms with Crippen LogP contribution in [-0.4, -0.2) is 48.2 Å². The summed E-state index contributed by atoms with van der Waals surface area (Å²) in [5, 5.41) is 18.8. The van der Waals surface area contributed by atoms with Gasteiger partial charge in [0.1, 0.15) is 5.69 Å². The highest BCUT2D eigenvalue weighted by atomic mass is 19.1. The van der Waals surface area contributed by atoms with Gasteiger partial charge in [-0.1, -0.05) is 0 Å². The fraction of sp³-hybridized carbons (Fsp3) is 0.185. The zero-order valence-corrected chi connectivity index (χ0v) is 21.6. The summed E-state index contributed by atoms with van der Waals surface area (Å²) >= 11 is 0. The minimum Gasteiger partial charge on any atom is -0.493 e. The van der Waals surface area contributed by atoms with Gasteiger partial charge in [-0.05, 0) is 31.2 Å². The van der Waals surface area contributed by atoms with E-state index in [1.54, 1.807) is 50.6 Å². The molecule has 4 aromatic rings. The van der Waals surface area contributed by atoms with Crippen molar-refractivity contribution in [2.45, 2.75) is 13.5 Å². The Morgan fingerprint density at radius 2 is 1.85 bits per heavy atom. The molecule has 0 saturated carbocycles. The van der Waals surface area contributed by atoms with E-state index in [1.165, 1.54) is 25.3 Å². The maximum Gasteiger partial charge on any atom is 0.334 e. The highest BCUT2D eigenvalue weighted by Crippen LogP contribution is 2.43. The van der Waals surface area contributed by atoms with E-state index in [9.17, 15) is 4.79 Å². The first-order valence-electron chi connectivity index (χ1n) is 11.9. The lowest BCUT2D eigenvalue weighted by Crippen LogP contribution is -2.46. The number of hydrogen-bond acceptors (Lipinski definition) is 7. The van der Waals surface area contributed by atoms with Gasteiger partial charge in [0.15, 0.2) is 23.1 Å². The zero-order chi connectivity index (χ0) is 27.8. The first-order valence-corrected chi connectivity index (χ1v) is 11.9. The van der Waals surface area contributed by atoms with Gasteiger partial charge in [0.05, 0.1) is 49.5 Å². The number of ether oxygens (including phenoxy) is 2. The first kappa shape index (κ1) is 25.6. The molecule has 0 radical (unpaired) electrons. The normalized spacial score (nSPS) is 13.5. The minimum atomic E-state index is -1.04. The quantitative estimate of drug-likeness (QED) is 0.283. The van der Waals surface area contributed by atoms with Crippen molar-refractivity contribution in [1.82, 2.24) is 20.5 Å². The van der Waals surface area contributed by atoms with Crippen LogP contribution >= 0.6 is 0 Å². The standard InChI is InChI=1S/C27H25F2N7O3/c1-14(30)18(12-31-2)20-8-21-16(10-32-20)13-35(26-24(28)22(38-3)9-23(39-4)25(26)29)27(37)36(21)17-6-5-15-11-33-34-19(15)7-17/h5-12,30-31H,13H2,1-4H3,(H,33,34)/b18-12+,30-14?. The topological polar surface area (TPSA) is 119 Å². The van der Waals surface area contributed by atoms with E-state index in [1.807, 2.05) is 0 Å². The number of amides is 2. The highest BCUT2D eigenvalue weighted by molar-refractivity contribution is 6.21. The van der Waals surface area contributed by atoms with Gasteiger partial charge in [-0.2, -0.15) is 5.10 Å². The number of aromatic nitrogens is 3. The number of nitrogens with zero attached hydrogens (tertiary/aromatic N) is 4. The highest BCUT2D eigenvalue weighted by Gasteiger charge is 2.38. The maximum atomic E-state index is 15.5. The summed E-state index contributed by atoms with van der Waals surface area (Å²) in [6.45, 7) is 1.45. The van der Waals surface area contributed by atoms with Crippen molar-refractivity contribution in [3.63, 3.8) is 0 Å². The summed E-state index contributed by atoms with van der Waals surface area (Å²) in [6.07, 6.45) is 4.82. The van der Waals surface area contributed by atoms with E-state index < -0.39 is 23.4 Å². The molecule has 0 spiro atoms. The molecule has 0 atom stereocenters. The van der Waals surface area contributed by atoms with Gasteiger partial charge in [-0.15, -0.1) is 0 Å². The molecule has 0 bridgehead atoms. The van der Waals surface area contributed by atoms with Gasteiger partial charge in [0.2, 0.25) is 0 Å². The molecular formula is C27H25F2N7O3. The summed E-state index contributed by atoms with van der Waals surface area (Å²) in [4.78, 5) is 21.0. The van der Waals surface area contributed by atoms with Gasteiger partial charge < -0.3 is 20.2 Å². The molecule has 2 aromatic heterocycles. The van der Waals surface area contributed by atoms with Crippen LogP contribution < -0.4 is 24.6 Å². The zero-order valence-electron chi connectivity index (χ0n) is 21.6. The van der Waals surface area contributed by atoms with Crippen molar-refractivity contribution >= 4 is 45.3 Å². The monoisotopic (exact) mass is 533 g/mol. The second-order valence-corrected chi connectivity index (χ2v) is 8.77. The number of H-pyrrole nitrogens is 1. The SMILES string of the molecule is CN/C=C(\C(C)=N)c1cc2c(cn1)CN(c1c(F)c(OC)cc(OC)c1F)C(=O)N2c1ccc2cn[nH]c2c1. The Hall–Kier alpha value is -5.00. The number of pyridine rings is 1. The number of carbonyl (C=O) groups is 1. The van der Waals surface area contributed by atoms with Crippen LogP contribution in [0.1, 0.15) is 18.2 Å². The Kier molecular flexibility index (Phi) is 6.60. The van der Waals surface area contributed by atoms with Crippen LogP contribution in [0.2, 0.25) is 0 Å². The number of fused-ring (bicyclic) bond motifs is 2. The molecule has 3 heterocycles. The van der Waals surface area contributed by atoms with Crippen molar-refractivity contribution < 1.29 is 23.0 Å². The molecule has 5 rings (SSSR count). The lowest BCUT2D eigenvalue weighted by atomic mass is 10.0. The largest absolute Gasteiger partial charge is 0.493 e. The van der Waals surface area contributed by atoms with Gasteiger partial charge in [0.25, 0.3) is 0 Å². The smallest absolute Gasteiger partial charge is 0.334 e. The van der Waals surface area contributed by atoms with Crippen LogP contribution in [0, 0.1) is 17.0 Å². The van der Waals surface area contributed by atoms with E-state index >= 15 is 8.78 Å². The Balaban J connectivity index is 1.74.